The Morgan fingerprint density at radius 3 is 2.47 bits per heavy atom. The molecule has 0 aromatic carbocycles. The van der Waals surface area contributed by atoms with Crippen LogP contribution in [0.15, 0.2) is 0 Å². The molecule has 0 amide bonds. The number of carbonyl (C=O) groups is 1. The summed E-state index contributed by atoms with van der Waals surface area (Å²) < 4.78 is 0. The van der Waals surface area contributed by atoms with Gasteiger partial charge in [-0.3, -0.25) is 0 Å². The van der Waals surface area contributed by atoms with E-state index >= 15 is 0 Å². The molecule has 0 saturated heterocycles. The average Bonchev–Trinajstić information content (AvgIpc) is 2.36. The van der Waals surface area contributed by atoms with Gasteiger partial charge in [-0.25, -0.2) is 0 Å². The van der Waals surface area contributed by atoms with Crippen LogP contribution >= 0.6 is 11.8 Å². The Balaban J connectivity index is 2.56. The number of rotatable bonds is 7. The maximum Gasteiger partial charge on any atom is 0.127 e. The first-order chi connectivity index (χ1) is 8.17. The van der Waals surface area contributed by atoms with Crippen molar-refractivity contribution in [3.8, 4) is 0 Å². The van der Waals surface area contributed by atoms with Gasteiger partial charge in [0.15, 0.2) is 0 Å². The van der Waals surface area contributed by atoms with Gasteiger partial charge in [-0.15, -0.1) is 0 Å². The lowest BCUT2D eigenvalue weighted by Gasteiger charge is -2.38. The largest absolute Gasteiger partial charge is 0.303 e. The quantitative estimate of drug-likeness (QED) is 0.653. The third-order valence-corrected chi connectivity index (χ3v) is 4.84. The van der Waals surface area contributed by atoms with Gasteiger partial charge in [0.1, 0.15) is 6.29 Å². The average molecular weight is 257 g/mol. The summed E-state index contributed by atoms with van der Waals surface area (Å²) in [5.41, 5.74) is -0.0428. The fourth-order valence-electron chi connectivity index (χ4n) is 2.94. The molecule has 1 aliphatic rings. The van der Waals surface area contributed by atoms with Gasteiger partial charge < -0.3 is 9.69 Å². The zero-order valence-electron chi connectivity index (χ0n) is 11.6. The molecule has 0 radical (unpaired) electrons. The number of hydrogen-bond acceptors (Lipinski definition) is 3. The Morgan fingerprint density at radius 2 is 2.00 bits per heavy atom. The lowest BCUT2D eigenvalue weighted by molar-refractivity contribution is -0.119. The van der Waals surface area contributed by atoms with Crippen LogP contribution in [-0.4, -0.2) is 42.8 Å². The molecular formula is C14H27NOS. The number of hydrogen-bond donors (Lipinski definition) is 0. The molecule has 1 atom stereocenters. The second-order valence-electron chi connectivity index (χ2n) is 5.47. The summed E-state index contributed by atoms with van der Waals surface area (Å²) in [7, 11) is 2.18. The van der Waals surface area contributed by atoms with E-state index in [1.165, 1.54) is 37.7 Å². The summed E-state index contributed by atoms with van der Waals surface area (Å²) in [6, 6.07) is 0.615. The van der Waals surface area contributed by atoms with Crippen LogP contribution < -0.4 is 0 Å². The van der Waals surface area contributed by atoms with Gasteiger partial charge in [0, 0.05) is 23.8 Å². The van der Waals surface area contributed by atoms with Crippen molar-refractivity contribution in [2.75, 3.05) is 25.6 Å². The van der Waals surface area contributed by atoms with Gasteiger partial charge in [-0.05, 0) is 32.6 Å². The molecule has 1 fully saturated rings. The van der Waals surface area contributed by atoms with Crippen molar-refractivity contribution in [1.29, 1.82) is 0 Å². The Labute approximate surface area is 111 Å². The number of nitrogens with zero attached hydrogens (tertiary/aromatic N) is 1. The molecule has 0 bridgehead atoms. The lowest BCUT2D eigenvalue weighted by Crippen LogP contribution is -2.43. The molecule has 0 heterocycles. The van der Waals surface area contributed by atoms with E-state index in [-0.39, 0.29) is 5.41 Å². The normalized spacial score (nSPS) is 21.4. The maximum atomic E-state index is 11.5. The Bertz CT molecular complexity index is 226. The molecule has 1 aliphatic carbocycles. The number of thioether (sulfide) groups is 1. The summed E-state index contributed by atoms with van der Waals surface area (Å²) in [6.45, 7) is 3.20. The molecule has 100 valence electrons. The molecular weight excluding hydrogens is 230 g/mol. The second-order valence-corrected chi connectivity index (χ2v) is 6.38. The fourth-order valence-corrected chi connectivity index (χ4v) is 3.82. The van der Waals surface area contributed by atoms with Gasteiger partial charge in [-0.2, -0.15) is 11.8 Å². The molecule has 3 heteroatoms. The SMILES string of the molecule is CCC(CSC)N(C)CC1(C=O)CCCCC1. The van der Waals surface area contributed by atoms with Gasteiger partial charge in [0.2, 0.25) is 0 Å². The van der Waals surface area contributed by atoms with Crippen LogP contribution in [0, 0.1) is 5.41 Å². The minimum atomic E-state index is -0.0428. The van der Waals surface area contributed by atoms with Crippen LogP contribution in [0.5, 0.6) is 0 Å². The predicted molar refractivity (Wildman–Crippen MR) is 76.7 cm³/mol. The third-order valence-electron chi connectivity index (χ3n) is 4.12. The molecule has 0 spiro atoms. The van der Waals surface area contributed by atoms with Crippen LogP contribution in [0.2, 0.25) is 0 Å². The number of carbonyl (C=O) groups excluding carboxylic acids is 1. The zero-order chi connectivity index (χ0) is 12.7. The summed E-state index contributed by atoms with van der Waals surface area (Å²) in [5.74, 6) is 1.17. The summed E-state index contributed by atoms with van der Waals surface area (Å²) in [5, 5.41) is 0. The standard InChI is InChI=1S/C14H27NOS/c1-4-13(10-17-3)15(2)11-14(12-16)8-6-5-7-9-14/h12-13H,4-11H2,1-3H3. The number of aldehydes is 1. The summed E-state index contributed by atoms with van der Waals surface area (Å²) in [6.07, 6.45) is 10.5. The maximum absolute atomic E-state index is 11.5. The molecule has 0 N–H and O–H groups in total. The van der Waals surface area contributed by atoms with E-state index in [0.717, 1.165) is 19.4 Å². The van der Waals surface area contributed by atoms with E-state index < -0.39 is 0 Å². The molecule has 17 heavy (non-hydrogen) atoms. The van der Waals surface area contributed by atoms with Crippen LogP contribution in [0.25, 0.3) is 0 Å². The van der Waals surface area contributed by atoms with Crippen LogP contribution in [0.3, 0.4) is 0 Å². The minimum absolute atomic E-state index is 0.0428. The third kappa shape index (κ3) is 4.29. The van der Waals surface area contributed by atoms with Gasteiger partial charge in [0.05, 0.1) is 0 Å². The van der Waals surface area contributed by atoms with E-state index in [0.29, 0.717) is 6.04 Å². The lowest BCUT2D eigenvalue weighted by atomic mass is 9.75. The fraction of sp³-hybridized carbons (Fsp3) is 0.929. The Morgan fingerprint density at radius 1 is 1.35 bits per heavy atom. The van der Waals surface area contributed by atoms with E-state index in [1.54, 1.807) is 0 Å². The molecule has 1 rings (SSSR count). The van der Waals surface area contributed by atoms with Crippen LogP contribution in [-0.2, 0) is 4.79 Å². The molecule has 0 aromatic heterocycles. The van der Waals surface area contributed by atoms with E-state index in [9.17, 15) is 4.79 Å². The molecule has 2 nitrogen and oxygen atoms in total. The Hall–Kier alpha value is -0.0200. The van der Waals surface area contributed by atoms with E-state index in [1.807, 2.05) is 11.8 Å². The highest BCUT2D eigenvalue weighted by Gasteiger charge is 2.33. The smallest absolute Gasteiger partial charge is 0.127 e. The van der Waals surface area contributed by atoms with Crippen molar-refractivity contribution >= 4 is 18.0 Å². The summed E-state index contributed by atoms with van der Waals surface area (Å²) in [4.78, 5) is 13.9. The van der Waals surface area contributed by atoms with Crippen molar-refractivity contribution < 1.29 is 4.79 Å². The van der Waals surface area contributed by atoms with Crippen LogP contribution in [0.4, 0.5) is 0 Å². The van der Waals surface area contributed by atoms with Crippen molar-refractivity contribution in [3.63, 3.8) is 0 Å². The van der Waals surface area contributed by atoms with Crippen molar-refractivity contribution in [2.45, 2.75) is 51.5 Å². The van der Waals surface area contributed by atoms with Crippen LogP contribution in [0.1, 0.15) is 45.4 Å². The van der Waals surface area contributed by atoms with Gasteiger partial charge in [0.25, 0.3) is 0 Å². The monoisotopic (exact) mass is 257 g/mol. The second kappa shape index (κ2) is 7.42. The highest BCUT2D eigenvalue weighted by Crippen LogP contribution is 2.35. The van der Waals surface area contributed by atoms with Gasteiger partial charge >= 0.3 is 0 Å². The van der Waals surface area contributed by atoms with E-state index in [2.05, 4.69) is 25.1 Å². The predicted octanol–water partition coefficient (Wildman–Crippen LogP) is 3.21. The molecule has 1 unspecified atom stereocenters. The highest BCUT2D eigenvalue weighted by atomic mass is 32.2. The Kier molecular flexibility index (Phi) is 6.57. The first-order valence-corrected chi connectivity index (χ1v) is 8.22. The topological polar surface area (TPSA) is 20.3 Å². The summed E-state index contributed by atoms with van der Waals surface area (Å²) >= 11 is 1.90. The van der Waals surface area contributed by atoms with Gasteiger partial charge in [-0.1, -0.05) is 26.2 Å². The van der Waals surface area contributed by atoms with Crippen molar-refractivity contribution in [2.24, 2.45) is 5.41 Å². The molecule has 0 aromatic rings. The zero-order valence-corrected chi connectivity index (χ0v) is 12.4. The molecule has 0 aliphatic heterocycles. The first kappa shape index (κ1) is 15.0. The first-order valence-electron chi connectivity index (χ1n) is 6.83. The van der Waals surface area contributed by atoms with Crippen molar-refractivity contribution in [1.82, 2.24) is 4.90 Å². The van der Waals surface area contributed by atoms with E-state index in [4.69, 9.17) is 0 Å². The minimum Gasteiger partial charge on any atom is -0.303 e. The molecule has 1 saturated carbocycles. The van der Waals surface area contributed by atoms with Crippen molar-refractivity contribution in [3.05, 3.63) is 0 Å². The highest BCUT2D eigenvalue weighted by molar-refractivity contribution is 7.98.